The van der Waals surface area contributed by atoms with Gasteiger partial charge in [0.05, 0.1) is 0 Å². The van der Waals surface area contributed by atoms with E-state index >= 15 is 0 Å². The van der Waals surface area contributed by atoms with E-state index < -0.39 is 0 Å². The molecule has 1 N–H and O–H groups in total. The highest BCUT2D eigenvalue weighted by molar-refractivity contribution is 5.56. The van der Waals surface area contributed by atoms with E-state index in [0.29, 0.717) is 18.3 Å². The molecule has 0 saturated heterocycles. The molecule has 1 aromatic heterocycles. The predicted octanol–water partition coefficient (Wildman–Crippen LogP) is 3.66. The summed E-state index contributed by atoms with van der Waals surface area (Å²) in [6.45, 7) is 4.77. The number of nitrogens with zero attached hydrogens (tertiary/aromatic N) is 2. The van der Waals surface area contributed by atoms with E-state index in [1.165, 1.54) is 5.56 Å². The molecule has 1 aromatic carbocycles. The lowest BCUT2D eigenvalue weighted by atomic mass is 10.1. The van der Waals surface area contributed by atoms with E-state index in [9.17, 15) is 0 Å². The van der Waals surface area contributed by atoms with Gasteiger partial charge in [-0.25, -0.2) is 0 Å². The van der Waals surface area contributed by atoms with Crippen molar-refractivity contribution in [3.05, 3.63) is 41.5 Å². The van der Waals surface area contributed by atoms with Gasteiger partial charge in [-0.1, -0.05) is 36.7 Å². The molecule has 3 rings (SSSR count). The molecule has 1 unspecified atom stereocenters. The number of anilines is 1. The molecular weight excluding hydrogens is 266 g/mol. The number of hydrogen-bond acceptors (Lipinski definition) is 5. The molecule has 1 aliphatic rings. The van der Waals surface area contributed by atoms with E-state index in [2.05, 4.69) is 40.6 Å². The maximum Gasteiger partial charge on any atom is 0.249 e. The van der Waals surface area contributed by atoms with Crippen molar-refractivity contribution >= 4 is 5.69 Å². The number of ether oxygens (including phenoxy) is 1. The van der Waals surface area contributed by atoms with Crippen LogP contribution in [0.4, 0.5) is 5.69 Å². The first kappa shape index (κ1) is 14.1. The van der Waals surface area contributed by atoms with Crippen molar-refractivity contribution in [3.63, 3.8) is 0 Å². The van der Waals surface area contributed by atoms with Crippen molar-refractivity contribution in [2.75, 3.05) is 11.9 Å². The predicted molar refractivity (Wildman–Crippen MR) is 80.1 cm³/mol. The fourth-order valence-electron chi connectivity index (χ4n) is 2.72. The van der Waals surface area contributed by atoms with Gasteiger partial charge in [-0.05, 0) is 25.0 Å². The molecule has 5 heteroatoms. The summed E-state index contributed by atoms with van der Waals surface area (Å²) >= 11 is 0. The summed E-state index contributed by atoms with van der Waals surface area (Å²) in [5, 5.41) is 7.54. The minimum absolute atomic E-state index is 0.0625. The Morgan fingerprint density at radius 2 is 2.24 bits per heavy atom. The van der Waals surface area contributed by atoms with Crippen LogP contribution in [0.25, 0.3) is 0 Å². The number of rotatable bonds is 6. The second kappa shape index (κ2) is 6.26. The van der Waals surface area contributed by atoms with Crippen LogP contribution >= 0.6 is 0 Å². The van der Waals surface area contributed by atoms with Gasteiger partial charge in [0.25, 0.3) is 0 Å². The quantitative estimate of drug-likeness (QED) is 0.878. The van der Waals surface area contributed by atoms with Gasteiger partial charge in [0.1, 0.15) is 12.1 Å². The monoisotopic (exact) mass is 287 g/mol. The Bertz CT molecular complexity index is 566. The molecule has 2 heterocycles. The zero-order valence-corrected chi connectivity index (χ0v) is 12.5. The number of nitrogens with one attached hydrogen (secondary N) is 1. The summed E-state index contributed by atoms with van der Waals surface area (Å²) in [6, 6.07) is 8.34. The van der Waals surface area contributed by atoms with Crippen molar-refractivity contribution < 1.29 is 9.26 Å². The van der Waals surface area contributed by atoms with E-state index in [4.69, 9.17) is 9.26 Å². The van der Waals surface area contributed by atoms with Crippen LogP contribution in [0.15, 0.2) is 28.8 Å². The fourth-order valence-corrected chi connectivity index (χ4v) is 2.72. The van der Waals surface area contributed by atoms with Crippen molar-refractivity contribution in [1.29, 1.82) is 0 Å². The number of aromatic nitrogens is 2. The smallest absolute Gasteiger partial charge is 0.249 e. The molecule has 0 spiro atoms. The zero-order valence-electron chi connectivity index (χ0n) is 12.5. The van der Waals surface area contributed by atoms with Gasteiger partial charge in [-0.3, -0.25) is 0 Å². The molecule has 21 heavy (non-hydrogen) atoms. The van der Waals surface area contributed by atoms with Gasteiger partial charge in [0.2, 0.25) is 11.7 Å². The first-order valence-electron chi connectivity index (χ1n) is 7.61. The summed E-state index contributed by atoms with van der Waals surface area (Å²) in [6.07, 6.45) is 2.75. The van der Waals surface area contributed by atoms with Crippen molar-refractivity contribution in [3.8, 4) is 0 Å². The fraction of sp³-hybridized carbons (Fsp3) is 0.500. The summed E-state index contributed by atoms with van der Waals surface area (Å²) in [5.74, 6) is 1.30. The Morgan fingerprint density at radius 1 is 1.38 bits per heavy atom. The Balaban J connectivity index is 1.74. The Morgan fingerprint density at radius 3 is 3.00 bits per heavy atom. The van der Waals surface area contributed by atoms with Crippen LogP contribution in [0.5, 0.6) is 0 Å². The average molecular weight is 287 g/mol. The number of benzene rings is 1. The van der Waals surface area contributed by atoms with Crippen LogP contribution in [0.2, 0.25) is 0 Å². The maximum atomic E-state index is 5.70. The molecule has 2 aromatic rings. The topological polar surface area (TPSA) is 60.2 Å². The molecule has 0 radical (unpaired) electrons. The largest absolute Gasteiger partial charge is 0.373 e. The minimum atomic E-state index is -0.0683. The summed E-state index contributed by atoms with van der Waals surface area (Å²) in [4.78, 5) is 4.55. The zero-order chi connectivity index (χ0) is 14.7. The van der Waals surface area contributed by atoms with Gasteiger partial charge >= 0.3 is 0 Å². The van der Waals surface area contributed by atoms with E-state index in [0.717, 1.165) is 24.9 Å². The lowest BCUT2D eigenvalue weighted by Gasteiger charge is -2.11. The number of para-hydroxylation sites is 1. The van der Waals surface area contributed by atoms with Crippen LogP contribution < -0.4 is 5.32 Å². The van der Waals surface area contributed by atoms with Gasteiger partial charge < -0.3 is 14.6 Å². The molecule has 5 nitrogen and oxygen atoms in total. The number of fused-ring (bicyclic) bond motifs is 1. The molecule has 0 bridgehead atoms. The average Bonchev–Trinajstić information content (AvgIpc) is 3.13. The summed E-state index contributed by atoms with van der Waals surface area (Å²) in [5.41, 5.74) is 2.44. The highest BCUT2D eigenvalue weighted by atomic mass is 16.5. The number of hydrogen-bond donors (Lipinski definition) is 1. The molecule has 0 saturated carbocycles. The van der Waals surface area contributed by atoms with Crippen molar-refractivity contribution in [2.24, 2.45) is 0 Å². The van der Waals surface area contributed by atoms with Crippen LogP contribution in [-0.2, 0) is 11.2 Å². The maximum absolute atomic E-state index is 5.70. The standard InChI is InChI=1S/C16H21N3O2/c1-3-7-14(20-4-2)15-18-16(21-19-15)13-10-11-8-5-6-9-12(11)17-13/h5-6,8-9,13-14,17H,3-4,7,10H2,1-2H3/t13-,14?/m0/s1. The lowest BCUT2D eigenvalue weighted by molar-refractivity contribution is 0.0477. The first-order valence-corrected chi connectivity index (χ1v) is 7.61. The molecule has 0 fully saturated rings. The second-order valence-corrected chi connectivity index (χ2v) is 5.28. The summed E-state index contributed by atoms with van der Waals surface area (Å²) < 4.78 is 11.2. The van der Waals surface area contributed by atoms with E-state index in [1.54, 1.807) is 0 Å². The van der Waals surface area contributed by atoms with Crippen molar-refractivity contribution in [2.45, 2.75) is 45.3 Å². The van der Waals surface area contributed by atoms with Crippen molar-refractivity contribution in [1.82, 2.24) is 10.1 Å². The minimum Gasteiger partial charge on any atom is -0.373 e. The third-order valence-corrected chi connectivity index (χ3v) is 3.73. The first-order chi connectivity index (χ1) is 10.3. The molecule has 2 atom stereocenters. The molecular formula is C16H21N3O2. The van der Waals surface area contributed by atoms with E-state index in [1.807, 2.05) is 13.0 Å². The molecule has 1 aliphatic heterocycles. The SMILES string of the molecule is CCCC(OCC)c1noc([C@@H]2Cc3ccccc3N2)n1. The highest BCUT2D eigenvalue weighted by Gasteiger charge is 2.28. The van der Waals surface area contributed by atoms with Crippen LogP contribution in [0.3, 0.4) is 0 Å². The Kier molecular flexibility index (Phi) is 4.20. The normalized spacial score (nSPS) is 18.3. The second-order valence-electron chi connectivity index (χ2n) is 5.28. The van der Waals surface area contributed by atoms with Gasteiger partial charge in [-0.15, -0.1) is 0 Å². The third-order valence-electron chi connectivity index (χ3n) is 3.73. The van der Waals surface area contributed by atoms with E-state index in [-0.39, 0.29) is 12.1 Å². The van der Waals surface area contributed by atoms with Crippen LogP contribution in [0.1, 0.15) is 56.1 Å². The lowest BCUT2D eigenvalue weighted by Crippen LogP contribution is -2.08. The van der Waals surface area contributed by atoms with Gasteiger partial charge in [0, 0.05) is 18.7 Å². The van der Waals surface area contributed by atoms with Gasteiger partial charge in [-0.2, -0.15) is 4.98 Å². The molecule has 0 amide bonds. The molecule has 112 valence electrons. The van der Waals surface area contributed by atoms with Gasteiger partial charge in [0.15, 0.2) is 0 Å². The third kappa shape index (κ3) is 2.93. The summed E-state index contributed by atoms with van der Waals surface area (Å²) in [7, 11) is 0. The Hall–Kier alpha value is -1.88. The van der Waals surface area contributed by atoms with Crippen LogP contribution in [-0.4, -0.2) is 16.7 Å². The van der Waals surface area contributed by atoms with Crippen LogP contribution in [0, 0.1) is 0 Å². The Labute approximate surface area is 124 Å². The molecule has 0 aliphatic carbocycles. The highest BCUT2D eigenvalue weighted by Crippen LogP contribution is 2.33.